The zero-order valence-corrected chi connectivity index (χ0v) is 17.1. The van der Waals surface area contributed by atoms with Gasteiger partial charge in [0, 0.05) is 18.2 Å². The molecule has 0 spiro atoms. The molecule has 0 atom stereocenters. The van der Waals surface area contributed by atoms with Gasteiger partial charge in [0.25, 0.3) is 5.91 Å². The molecule has 168 valence electrons. The Bertz CT molecular complexity index is 1120. The molecule has 2 aromatic carbocycles. The van der Waals surface area contributed by atoms with Gasteiger partial charge in [0.2, 0.25) is 5.91 Å². The Kier molecular flexibility index (Phi) is 6.56. The maximum atomic E-state index is 13.6. The highest BCUT2D eigenvalue weighted by molar-refractivity contribution is 5.93. The third kappa shape index (κ3) is 5.29. The molecule has 7 nitrogen and oxygen atoms in total. The minimum absolute atomic E-state index is 0.0820. The predicted molar refractivity (Wildman–Crippen MR) is 107 cm³/mol. The Morgan fingerprint density at radius 3 is 2.38 bits per heavy atom. The summed E-state index contributed by atoms with van der Waals surface area (Å²) >= 11 is 0. The van der Waals surface area contributed by atoms with Gasteiger partial charge in [0.05, 0.1) is 5.69 Å². The number of alkyl halides is 3. The molecule has 2 amide bonds. The van der Waals surface area contributed by atoms with Crippen LogP contribution >= 0.6 is 0 Å². The molecule has 0 bridgehead atoms. The molecule has 0 aliphatic heterocycles. The summed E-state index contributed by atoms with van der Waals surface area (Å²) in [5, 5.41) is 11.9. The first-order valence-electron chi connectivity index (χ1n) is 9.53. The van der Waals surface area contributed by atoms with E-state index in [1.165, 1.54) is 12.1 Å². The van der Waals surface area contributed by atoms with Crippen molar-refractivity contribution in [1.82, 2.24) is 20.3 Å². The summed E-state index contributed by atoms with van der Waals surface area (Å²) in [6.45, 7) is 3.42. The zero-order valence-electron chi connectivity index (χ0n) is 17.1. The van der Waals surface area contributed by atoms with E-state index in [1.54, 1.807) is 38.1 Å². The number of benzene rings is 2. The molecule has 0 saturated heterocycles. The second-order valence-electron chi connectivity index (χ2n) is 7.20. The van der Waals surface area contributed by atoms with E-state index in [0.29, 0.717) is 15.9 Å². The SMILES string of the molecule is CC(C)C(=O)Nc1ccc(CNC(=O)c2nnn(-c3cccc(F)c3)c2C(F)(F)F)cc1. The zero-order chi connectivity index (χ0) is 23.5. The topological polar surface area (TPSA) is 88.9 Å². The molecule has 0 aliphatic carbocycles. The Morgan fingerprint density at radius 2 is 1.78 bits per heavy atom. The van der Waals surface area contributed by atoms with Crippen LogP contribution in [-0.4, -0.2) is 26.8 Å². The highest BCUT2D eigenvalue weighted by atomic mass is 19.4. The van der Waals surface area contributed by atoms with Gasteiger partial charge in [-0.25, -0.2) is 9.07 Å². The molecule has 32 heavy (non-hydrogen) atoms. The number of aromatic nitrogens is 3. The van der Waals surface area contributed by atoms with E-state index in [0.717, 1.165) is 12.1 Å². The van der Waals surface area contributed by atoms with Crippen molar-refractivity contribution in [2.75, 3.05) is 5.32 Å². The van der Waals surface area contributed by atoms with Crippen molar-refractivity contribution in [2.45, 2.75) is 26.6 Å². The van der Waals surface area contributed by atoms with E-state index >= 15 is 0 Å². The summed E-state index contributed by atoms with van der Waals surface area (Å²) in [7, 11) is 0. The fourth-order valence-corrected chi connectivity index (χ4v) is 2.74. The van der Waals surface area contributed by atoms with Crippen LogP contribution in [0.2, 0.25) is 0 Å². The highest BCUT2D eigenvalue weighted by Gasteiger charge is 2.42. The van der Waals surface area contributed by atoms with Gasteiger partial charge in [-0.3, -0.25) is 9.59 Å². The maximum Gasteiger partial charge on any atom is 0.435 e. The average Bonchev–Trinajstić information content (AvgIpc) is 3.19. The second kappa shape index (κ2) is 9.16. The van der Waals surface area contributed by atoms with Crippen molar-refractivity contribution >= 4 is 17.5 Å². The molecule has 2 N–H and O–H groups in total. The number of carbonyl (C=O) groups is 2. The van der Waals surface area contributed by atoms with Gasteiger partial charge in [-0.2, -0.15) is 13.2 Å². The van der Waals surface area contributed by atoms with E-state index < -0.39 is 29.3 Å². The summed E-state index contributed by atoms with van der Waals surface area (Å²) in [6.07, 6.45) is -4.96. The maximum absolute atomic E-state index is 13.6. The number of hydrogen-bond acceptors (Lipinski definition) is 4. The monoisotopic (exact) mass is 449 g/mol. The van der Waals surface area contributed by atoms with Crippen molar-refractivity contribution in [3.63, 3.8) is 0 Å². The van der Waals surface area contributed by atoms with E-state index in [-0.39, 0.29) is 24.1 Å². The molecule has 11 heteroatoms. The number of anilines is 1. The molecule has 1 aromatic heterocycles. The Balaban J connectivity index is 1.76. The van der Waals surface area contributed by atoms with Crippen molar-refractivity contribution < 1.29 is 27.2 Å². The summed E-state index contributed by atoms with van der Waals surface area (Å²) in [5.74, 6) is -2.20. The molecule has 1 heterocycles. The first-order valence-corrected chi connectivity index (χ1v) is 9.53. The van der Waals surface area contributed by atoms with Crippen LogP contribution in [0.1, 0.15) is 35.6 Å². The van der Waals surface area contributed by atoms with Crippen molar-refractivity contribution in [3.05, 3.63) is 71.3 Å². The van der Waals surface area contributed by atoms with Crippen LogP contribution < -0.4 is 10.6 Å². The van der Waals surface area contributed by atoms with Crippen LogP contribution in [0.15, 0.2) is 48.5 Å². The number of halogens is 4. The highest BCUT2D eigenvalue weighted by Crippen LogP contribution is 2.32. The number of nitrogens with zero attached hydrogens (tertiary/aromatic N) is 3. The molecule has 0 unspecified atom stereocenters. The minimum atomic E-state index is -4.96. The second-order valence-corrected chi connectivity index (χ2v) is 7.20. The van der Waals surface area contributed by atoms with Crippen LogP contribution in [-0.2, 0) is 17.5 Å². The molecule has 0 radical (unpaired) electrons. The van der Waals surface area contributed by atoms with Gasteiger partial charge >= 0.3 is 6.18 Å². The smallest absolute Gasteiger partial charge is 0.346 e. The van der Waals surface area contributed by atoms with E-state index in [1.807, 2.05) is 0 Å². The molecule has 3 rings (SSSR count). The van der Waals surface area contributed by atoms with Crippen LogP contribution in [0.4, 0.5) is 23.2 Å². The van der Waals surface area contributed by atoms with Crippen LogP contribution in [0.3, 0.4) is 0 Å². The van der Waals surface area contributed by atoms with Gasteiger partial charge < -0.3 is 10.6 Å². The summed E-state index contributed by atoms with van der Waals surface area (Å²) in [6, 6.07) is 10.8. The standard InChI is InChI=1S/C21H19F4N5O2/c1-12(2)19(31)27-15-8-6-13(7-9-15)11-26-20(32)17-18(21(23,24)25)30(29-28-17)16-5-3-4-14(22)10-16/h3-10,12H,11H2,1-2H3,(H,26,32)(H,27,31). The number of hydrogen-bond donors (Lipinski definition) is 2. The van der Waals surface area contributed by atoms with E-state index in [9.17, 15) is 27.2 Å². The number of nitrogens with one attached hydrogen (secondary N) is 2. The fraction of sp³-hybridized carbons (Fsp3) is 0.238. The first kappa shape index (κ1) is 22.9. The fourth-order valence-electron chi connectivity index (χ4n) is 2.74. The molecular formula is C21H19F4N5O2. The van der Waals surface area contributed by atoms with Gasteiger partial charge in [-0.1, -0.05) is 37.3 Å². The summed E-state index contributed by atoms with van der Waals surface area (Å²) < 4.78 is 54.8. The van der Waals surface area contributed by atoms with Crippen molar-refractivity contribution in [1.29, 1.82) is 0 Å². The lowest BCUT2D eigenvalue weighted by Gasteiger charge is -2.12. The first-order chi connectivity index (χ1) is 15.1. The largest absolute Gasteiger partial charge is 0.435 e. The Morgan fingerprint density at radius 1 is 1.09 bits per heavy atom. The number of carbonyl (C=O) groups excluding carboxylic acids is 2. The van der Waals surface area contributed by atoms with Crippen LogP contribution in [0, 0.1) is 11.7 Å². The van der Waals surface area contributed by atoms with E-state index in [4.69, 9.17) is 0 Å². The van der Waals surface area contributed by atoms with Gasteiger partial charge in [0.15, 0.2) is 11.4 Å². The Labute approximate surface area is 180 Å². The lowest BCUT2D eigenvalue weighted by Crippen LogP contribution is -2.27. The van der Waals surface area contributed by atoms with Crippen LogP contribution in [0.25, 0.3) is 5.69 Å². The van der Waals surface area contributed by atoms with Gasteiger partial charge in [0.1, 0.15) is 5.82 Å². The van der Waals surface area contributed by atoms with Crippen molar-refractivity contribution in [2.24, 2.45) is 5.92 Å². The third-order valence-corrected chi connectivity index (χ3v) is 4.41. The predicted octanol–water partition coefficient (Wildman–Crippen LogP) is 3.95. The lowest BCUT2D eigenvalue weighted by molar-refractivity contribution is -0.143. The molecule has 0 saturated carbocycles. The lowest BCUT2D eigenvalue weighted by atomic mass is 10.1. The molecular weight excluding hydrogens is 430 g/mol. The number of amides is 2. The Hall–Kier alpha value is -3.76. The number of rotatable bonds is 6. The molecule has 0 fully saturated rings. The summed E-state index contributed by atoms with van der Waals surface area (Å²) in [4.78, 5) is 24.1. The van der Waals surface area contributed by atoms with Crippen molar-refractivity contribution in [3.8, 4) is 5.69 Å². The normalized spacial score (nSPS) is 11.5. The minimum Gasteiger partial charge on any atom is -0.346 e. The van der Waals surface area contributed by atoms with Gasteiger partial charge in [-0.15, -0.1) is 5.10 Å². The third-order valence-electron chi connectivity index (χ3n) is 4.41. The quantitative estimate of drug-likeness (QED) is 0.558. The van der Waals surface area contributed by atoms with Crippen LogP contribution in [0.5, 0.6) is 0 Å². The molecule has 3 aromatic rings. The molecule has 0 aliphatic rings. The summed E-state index contributed by atoms with van der Waals surface area (Å²) in [5.41, 5.74) is -1.42. The van der Waals surface area contributed by atoms with Gasteiger partial charge in [-0.05, 0) is 35.9 Å². The average molecular weight is 449 g/mol. The van der Waals surface area contributed by atoms with E-state index in [2.05, 4.69) is 20.9 Å².